The molecule has 2 saturated carbocycles. The van der Waals surface area contributed by atoms with Gasteiger partial charge in [0.2, 0.25) is 0 Å². The van der Waals surface area contributed by atoms with Crippen molar-refractivity contribution in [3.05, 3.63) is 96.1 Å². The number of hydrogen-bond donors (Lipinski definition) is 0. The largest absolute Gasteiger partial charge is 0.459 e. The van der Waals surface area contributed by atoms with Crippen LogP contribution in [0, 0.1) is 0 Å². The van der Waals surface area contributed by atoms with Crippen LogP contribution in [0.2, 0.25) is 0 Å². The predicted molar refractivity (Wildman–Crippen MR) is 145 cm³/mol. The summed E-state index contributed by atoms with van der Waals surface area (Å²) in [5, 5.41) is 0. The molecule has 4 rings (SSSR count). The molecule has 0 N–H and O–H groups in total. The molecule has 0 heterocycles. The molecule has 0 amide bonds. The molecule has 7 heteroatoms. The van der Waals surface area contributed by atoms with Gasteiger partial charge in [-0.15, -0.1) is 0 Å². The van der Waals surface area contributed by atoms with E-state index in [2.05, 4.69) is 13.2 Å². The summed E-state index contributed by atoms with van der Waals surface area (Å²) in [5.41, 5.74) is 1.73. The highest BCUT2D eigenvalue weighted by atomic mass is 19.1. The van der Waals surface area contributed by atoms with Gasteiger partial charge < -0.3 is 14.2 Å². The minimum atomic E-state index is -1.26. The molecule has 0 bridgehead atoms. The molecule has 0 radical (unpaired) electrons. The van der Waals surface area contributed by atoms with Crippen LogP contribution in [-0.2, 0) is 14.2 Å². The second-order valence-corrected chi connectivity index (χ2v) is 10.3. The zero-order chi connectivity index (χ0) is 27.8. The lowest BCUT2D eigenvalue weighted by molar-refractivity contribution is -0.0767. The molecule has 2 aromatic rings. The van der Waals surface area contributed by atoms with Crippen molar-refractivity contribution in [2.45, 2.75) is 88.1 Å². The zero-order valence-electron chi connectivity index (χ0n) is 22.1. The number of hydrogen-bond acceptors (Lipinski definition) is 5. The first kappa shape index (κ1) is 28.7. The highest BCUT2D eigenvalue weighted by Crippen LogP contribution is 2.30. The highest BCUT2D eigenvalue weighted by molar-refractivity contribution is 5.90. The summed E-state index contributed by atoms with van der Waals surface area (Å²) in [4.78, 5) is 25.0. The van der Waals surface area contributed by atoms with Crippen molar-refractivity contribution < 1.29 is 32.6 Å². The predicted octanol–water partition coefficient (Wildman–Crippen LogP) is 7.73. The maximum atomic E-state index is 13.7. The van der Waals surface area contributed by atoms with E-state index in [4.69, 9.17) is 14.2 Å². The summed E-state index contributed by atoms with van der Waals surface area (Å²) in [6.45, 7) is 6.88. The smallest absolute Gasteiger partial charge is 0.338 e. The van der Waals surface area contributed by atoms with Crippen LogP contribution >= 0.6 is 0 Å². The van der Waals surface area contributed by atoms with Crippen LogP contribution in [0.15, 0.2) is 73.8 Å². The Hall–Kier alpha value is -3.32. The minimum Gasteiger partial charge on any atom is -0.459 e. The lowest BCUT2D eigenvalue weighted by atomic mass is 9.92. The number of allylic oxidation sites excluding steroid dienone is 2. The summed E-state index contributed by atoms with van der Waals surface area (Å²) in [5.74, 6) is -0.792. The standard InChI is InChI=1S/C32H36F2O5/c1-3-29(33)21-5-9-23(10-6-21)31(35)38-27-17-13-25(14-18-27)37-26-15-19-28(20-16-26)39-32(36)24-11-7-22(8-12-24)30(34)4-2/h3-12,25-30H,1-2,13-20H2. The molecule has 5 nitrogen and oxygen atoms in total. The number of alkyl halides is 2. The normalized spacial score (nSPS) is 24.7. The maximum Gasteiger partial charge on any atom is 0.338 e. The van der Waals surface area contributed by atoms with E-state index in [1.54, 1.807) is 48.5 Å². The van der Waals surface area contributed by atoms with Gasteiger partial charge in [0, 0.05) is 0 Å². The molecule has 2 aliphatic rings. The molecule has 2 unspecified atom stereocenters. The highest BCUT2D eigenvalue weighted by Gasteiger charge is 2.30. The molecule has 0 aliphatic heterocycles. The average molecular weight is 539 g/mol. The Bertz CT molecular complexity index is 1020. The van der Waals surface area contributed by atoms with Gasteiger partial charge in [0.25, 0.3) is 0 Å². The Kier molecular flexibility index (Phi) is 10.0. The molecule has 0 spiro atoms. The van der Waals surface area contributed by atoms with Crippen LogP contribution in [0.5, 0.6) is 0 Å². The van der Waals surface area contributed by atoms with Gasteiger partial charge >= 0.3 is 11.9 Å². The van der Waals surface area contributed by atoms with Crippen molar-refractivity contribution in [2.24, 2.45) is 0 Å². The monoisotopic (exact) mass is 538 g/mol. The van der Waals surface area contributed by atoms with E-state index < -0.39 is 24.3 Å². The van der Waals surface area contributed by atoms with Gasteiger partial charge in [0.05, 0.1) is 23.3 Å². The molecular weight excluding hydrogens is 502 g/mol. The SMILES string of the molecule is C=CC(F)c1ccc(C(=O)OC2CCC(OC3CCC(OC(=O)c4ccc(C(F)C=C)cc4)CC3)CC2)cc1. The average Bonchev–Trinajstić information content (AvgIpc) is 2.98. The molecule has 2 fully saturated rings. The number of rotatable bonds is 10. The zero-order valence-corrected chi connectivity index (χ0v) is 22.1. The van der Waals surface area contributed by atoms with E-state index in [1.807, 2.05) is 0 Å². The first-order valence-corrected chi connectivity index (χ1v) is 13.7. The quantitative estimate of drug-likeness (QED) is 0.229. The van der Waals surface area contributed by atoms with E-state index in [1.165, 1.54) is 12.2 Å². The topological polar surface area (TPSA) is 61.8 Å². The summed E-state index contributed by atoms with van der Waals surface area (Å²) in [6, 6.07) is 12.6. The fraction of sp³-hybridized carbons (Fsp3) is 0.438. The van der Waals surface area contributed by atoms with E-state index in [9.17, 15) is 18.4 Å². The third-order valence-corrected chi connectivity index (χ3v) is 7.52. The summed E-state index contributed by atoms with van der Waals surface area (Å²) in [6.07, 6.45) is 6.05. The van der Waals surface area contributed by atoms with Crippen LogP contribution in [0.25, 0.3) is 0 Å². The van der Waals surface area contributed by atoms with Crippen LogP contribution < -0.4 is 0 Å². The number of carbonyl (C=O) groups is 2. The van der Waals surface area contributed by atoms with Crippen molar-refractivity contribution >= 4 is 11.9 Å². The second-order valence-electron chi connectivity index (χ2n) is 10.3. The molecule has 2 atom stereocenters. The van der Waals surface area contributed by atoms with Gasteiger partial charge in [-0.2, -0.15) is 0 Å². The van der Waals surface area contributed by atoms with Crippen molar-refractivity contribution in [1.82, 2.24) is 0 Å². The fourth-order valence-corrected chi connectivity index (χ4v) is 5.16. The van der Waals surface area contributed by atoms with Crippen molar-refractivity contribution in [2.75, 3.05) is 0 Å². The number of halogens is 2. The Labute approximate surface area is 228 Å². The van der Waals surface area contributed by atoms with E-state index in [0.717, 1.165) is 51.4 Å². The molecule has 2 aliphatic carbocycles. The van der Waals surface area contributed by atoms with Crippen LogP contribution in [0.1, 0.15) is 95.6 Å². The fourth-order valence-electron chi connectivity index (χ4n) is 5.16. The minimum absolute atomic E-state index is 0.122. The Morgan fingerprint density at radius 2 is 0.923 bits per heavy atom. The van der Waals surface area contributed by atoms with Crippen LogP contribution in [0.4, 0.5) is 8.78 Å². The number of esters is 2. The van der Waals surface area contributed by atoms with E-state index >= 15 is 0 Å². The number of carbonyl (C=O) groups excluding carboxylic acids is 2. The summed E-state index contributed by atoms with van der Waals surface area (Å²) < 4.78 is 45.0. The van der Waals surface area contributed by atoms with Gasteiger partial charge in [-0.1, -0.05) is 49.6 Å². The second kappa shape index (κ2) is 13.7. The molecule has 0 saturated heterocycles. The molecule has 208 valence electrons. The van der Waals surface area contributed by atoms with E-state index in [-0.39, 0.29) is 24.4 Å². The van der Waals surface area contributed by atoms with Crippen LogP contribution in [-0.4, -0.2) is 36.4 Å². The Balaban J connectivity index is 1.14. The Morgan fingerprint density at radius 3 is 1.23 bits per heavy atom. The Morgan fingerprint density at radius 1 is 0.615 bits per heavy atom. The van der Waals surface area contributed by atoms with Crippen LogP contribution in [0.3, 0.4) is 0 Å². The third-order valence-electron chi connectivity index (χ3n) is 7.52. The molecular formula is C32H36F2O5. The van der Waals surface area contributed by atoms with Crippen molar-refractivity contribution in [1.29, 1.82) is 0 Å². The van der Waals surface area contributed by atoms with Crippen molar-refractivity contribution in [3.8, 4) is 0 Å². The van der Waals surface area contributed by atoms with Gasteiger partial charge in [-0.3, -0.25) is 0 Å². The van der Waals surface area contributed by atoms with Gasteiger partial charge in [-0.05, 0) is 86.8 Å². The van der Waals surface area contributed by atoms with Crippen molar-refractivity contribution in [3.63, 3.8) is 0 Å². The van der Waals surface area contributed by atoms with E-state index in [0.29, 0.717) is 22.3 Å². The third kappa shape index (κ3) is 7.85. The number of benzene rings is 2. The number of ether oxygens (including phenoxy) is 3. The summed E-state index contributed by atoms with van der Waals surface area (Å²) >= 11 is 0. The lowest BCUT2D eigenvalue weighted by Gasteiger charge is -2.34. The van der Waals surface area contributed by atoms with Gasteiger partial charge in [0.1, 0.15) is 24.6 Å². The first-order chi connectivity index (χ1) is 18.9. The molecule has 2 aromatic carbocycles. The van der Waals surface area contributed by atoms with Gasteiger partial charge in [0.15, 0.2) is 0 Å². The maximum absolute atomic E-state index is 13.7. The lowest BCUT2D eigenvalue weighted by Crippen LogP contribution is -2.34. The molecule has 0 aromatic heterocycles. The summed E-state index contributed by atoms with van der Waals surface area (Å²) in [7, 11) is 0. The first-order valence-electron chi connectivity index (χ1n) is 13.7. The molecule has 39 heavy (non-hydrogen) atoms. The van der Waals surface area contributed by atoms with Gasteiger partial charge in [-0.25, -0.2) is 18.4 Å².